The van der Waals surface area contributed by atoms with Crippen LogP contribution in [-0.2, 0) is 11.3 Å². The number of rotatable bonds is 4. The van der Waals surface area contributed by atoms with Crippen LogP contribution in [0.5, 0.6) is 0 Å². The zero-order valence-corrected chi connectivity index (χ0v) is 11.0. The van der Waals surface area contributed by atoms with Crippen molar-refractivity contribution in [3.63, 3.8) is 0 Å². The largest absolute Gasteiger partial charge is 0.390 e. The van der Waals surface area contributed by atoms with Gasteiger partial charge in [0.25, 0.3) is 0 Å². The number of aliphatic hydroxyl groups is 1. The van der Waals surface area contributed by atoms with Crippen molar-refractivity contribution in [2.24, 2.45) is 0 Å². The standard InChI is InChI=1S/C15H20N2O2/c18-14(11-16-7-9-19-10-8-16)12-17-6-5-13-3-1-2-4-15(13)17/h1-6,14,18H,7-12H2. The summed E-state index contributed by atoms with van der Waals surface area (Å²) >= 11 is 0. The van der Waals surface area contributed by atoms with Crippen LogP contribution in [0.3, 0.4) is 0 Å². The van der Waals surface area contributed by atoms with E-state index >= 15 is 0 Å². The molecule has 2 aromatic rings. The van der Waals surface area contributed by atoms with E-state index in [2.05, 4.69) is 27.7 Å². The summed E-state index contributed by atoms with van der Waals surface area (Å²) in [5.74, 6) is 0. The zero-order chi connectivity index (χ0) is 13.1. The normalized spacial score (nSPS) is 18.8. The highest BCUT2D eigenvalue weighted by Crippen LogP contribution is 2.15. The van der Waals surface area contributed by atoms with Crippen molar-refractivity contribution in [2.45, 2.75) is 12.6 Å². The number of para-hydroxylation sites is 1. The van der Waals surface area contributed by atoms with E-state index < -0.39 is 0 Å². The molecule has 1 fully saturated rings. The van der Waals surface area contributed by atoms with Crippen molar-refractivity contribution in [3.05, 3.63) is 36.5 Å². The van der Waals surface area contributed by atoms with Gasteiger partial charge in [-0.2, -0.15) is 0 Å². The van der Waals surface area contributed by atoms with Gasteiger partial charge in [0.1, 0.15) is 0 Å². The fourth-order valence-electron chi connectivity index (χ4n) is 2.67. The van der Waals surface area contributed by atoms with Gasteiger partial charge in [0, 0.05) is 37.9 Å². The van der Waals surface area contributed by atoms with Crippen LogP contribution in [0.2, 0.25) is 0 Å². The van der Waals surface area contributed by atoms with Gasteiger partial charge in [0.05, 0.1) is 19.3 Å². The van der Waals surface area contributed by atoms with E-state index in [1.165, 1.54) is 10.9 Å². The summed E-state index contributed by atoms with van der Waals surface area (Å²) in [6, 6.07) is 10.4. The molecule has 0 saturated carbocycles. The van der Waals surface area contributed by atoms with E-state index in [0.29, 0.717) is 6.54 Å². The highest BCUT2D eigenvalue weighted by molar-refractivity contribution is 5.79. The lowest BCUT2D eigenvalue weighted by Crippen LogP contribution is -2.41. The van der Waals surface area contributed by atoms with E-state index in [0.717, 1.165) is 32.8 Å². The highest BCUT2D eigenvalue weighted by atomic mass is 16.5. The Balaban J connectivity index is 1.63. The van der Waals surface area contributed by atoms with Gasteiger partial charge in [0.15, 0.2) is 0 Å². The van der Waals surface area contributed by atoms with Gasteiger partial charge in [-0.25, -0.2) is 0 Å². The second-order valence-corrected chi connectivity index (χ2v) is 5.09. The first-order valence-electron chi connectivity index (χ1n) is 6.85. The monoisotopic (exact) mass is 260 g/mol. The molecule has 1 atom stereocenters. The minimum atomic E-state index is -0.339. The first-order chi connectivity index (χ1) is 9.33. The lowest BCUT2D eigenvalue weighted by Gasteiger charge is -2.28. The maximum absolute atomic E-state index is 10.2. The SMILES string of the molecule is OC(CN1CCOCC1)Cn1ccc2ccccc21. The van der Waals surface area contributed by atoms with E-state index in [9.17, 15) is 5.11 Å². The fraction of sp³-hybridized carbons (Fsp3) is 0.467. The van der Waals surface area contributed by atoms with Gasteiger partial charge in [-0.3, -0.25) is 4.90 Å². The lowest BCUT2D eigenvalue weighted by molar-refractivity contribution is 0.0117. The molecule has 1 aliphatic rings. The van der Waals surface area contributed by atoms with E-state index in [1.807, 2.05) is 18.3 Å². The van der Waals surface area contributed by atoms with Crippen molar-refractivity contribution in [3.8, 4) is 0 Å². The van der Waals surface area contributed by atoms with Gasteiger partial charge in [0.2, 0.25) is 0 Å². The Morgan fingerprint density at radius 3 is 2.74 bits per heavy atom. The summed E-state index contributed by atoms with van der Waals surface area (Å²) < 4.78 is 7.44. The van der Waals surface area contributed by atoms with Gasteiger partial charge >= 0.3 is 0 Å². The topological polar surface area (TPSA) is 37.6 Å². The molecule has 3 rings (SSSR count). The van der Waals surface area contributed by atoms with Crippen LogP contribution in [-0.4, -0.2) is 53.5 Å². The Morgan fingerprint density at radius 1 is 1.11 bits per heavy atom. The van der Waals surface area contributed by atoms with Crippen molar-refractivity contribution in [1.29, 1.82) is 0 Å². The first kappa shape index (κ1) is 12.7. The minimum Gasteiger partial charge on any atom is -0.390 e. The molecular weight excluding hydrogens is 240 g/mol. The molecule has 0 bridgehead atoms. The maximum atomic E-state index is 10.2. The third-order valence-electron chi connectivity index (χ3n) is 3.66. The van der Waals surface area contributed by atoms with Crippen LogP contribution in [0.25, 0.3) is 10.9 Å². The minimum absolute atomic E-state index is 0.339. The Hall–Kier alpha value is -1.36. The molecule has 0 radical (unpaired) electrons. The van der Waals surface area contributed by atoms with Crippen molar-refractivity contribution < 1.29 is 9.84 Å². The predicted octanol–water partition coefficient (Wildman–Crippen LogP) is 1.33. The van der Waals surface area contributed by atoms with Crippen LogP contribution >= 0.6 is 0 Å². The molecule has 102 valence electrons. The predicted molar refractivity (Wildman–Crippen MR) is 75.2 cm³/mol. The molecule has 0 spiro atoms. The fourth-order valence-corrected chi connectivity index (χ4v) is 2.67. The number of hydrogen-bond donors (Lipinski definition) is 1. The second-order valence-electron chi connectivity index (χ2n) is 5.09. The van der Waals surface area contributed by atoms with Crippen LogP contribution in [0, 0.1) is 0 Å². The molecule has 4 nitrogen and oxygen atoms in total. The maximum Gasteiger partial charge on any atom is 0.0845 e. The van der Waals surface area contributed by atoms with E-state index in [1.54, 1.807) is 0 Å². The number of aromatic nitrogens is 1. The number of aliphatic hydroxyl groups excluding tert-OH is 1. The van der Waals surface area contributed by atoms with E-state index in [4.69, 9.17) is 4.74 Å². The zero-order valence-electron chi connectivity index (χ0n) is 11.0. The lowest BCUT2D eigenvalue weighted by atomic mass is 10.2. The Kier molecular flexibility index (Phi) is 3.82. The van der Waals surface area contributed by atoms with Crippen LogP contribution < -0.4 is 0 Å². The third kappa shape index (κ3) is 2.97. The second kappa shape index (κ2) is 5.74. The molecule has 1 N–H and O–H groups in total. The summed E-state index contributed by atoms with van der Waals surface area (Å²) in [4.78, 5) is 2.26. The molecule has 0 amide bonds. The quantitative estimate of drug-likeness (QED) is 0.901. The molecule has 2 heterocycles. The van der Waals surface area contributed by atoms with Crippen LogP contribution in [0.4, 0.5) is 0 Å². The number of nitrogens with zero attached hydrogens (tertiary/aromatic N) is 2. The van der Waals surface area contributed by atoms with Gasteiger partial charge in [-0.15, -0.1) is 0 Å². The summed E-state index contributed by atoms with van der Waals surface area (Å²) in [7, 11) is 0. The number of morpholine rings is 1. The van der Waals surface area contributed by atoms with E-state index in [-0.39, 0.29) is 6.10 Å². The molecule has 1 saturated heterocycles. The average Bonchev–Trinajstić information content (AvgIpc) is 2.83. The number of fused-ring (bicyclic) bond motifs is 1. The molecule has 1 unspecified atom stereocenters. The Labute approximate surface area is 113 Å². The highest BCUT2D eigenvalue weighted by Gasteiger charge is 2.15. The smallest absolute Gasteiger partial charge is 0.0845 e. The summed E-state index contributed by atoms with van der Waals surface area (Å²) in [5.41, 5.74) is 1.18. The average molecular weight is 260 g/mol. The molecule has 1 aliphatic heterocycles. The molecule has 1 aromatic carbocycles. The molecule has 1 aromatic heterocycles. The molecule has 0 aliphatic carbocycles. The van der Waals surface area contributed by atoms with Gasteiger partial charge in [-0.1, -0.05) is 18.2 Å². The summed E-state index contributed by atoms with van der Waals surface area (Å²) in [5, 5.41) is 11.5. The van der Waals surface area contributed by atoms with Crippen LogP contribution in [0.1, 0.15) is 0 Å². The Morgan fingerprint density at radius 2 is 1.89 bits per heavy atom. The number of benzene rings is 1. The number of β-amino-alcohol motifs (C(OH)–C–C–N with tert-alkyl or cyclic N) is 1. The third-order valence-corrected chi connectivity index (χ3v) is 3.66. The summed E-state index contributed by atoms with van der Waals surface area (Å²) in [6.45, 7) is 4.76. The molecule has 4 heteroatoms. The van der Waals surface area contributed by atoms with Crippen molar-refractivity contribution >= 4 is 10.9 Å². The molecular formula is C15H20N2O2. The summed E-state index contributed by atoms with van der Waals surface area (Å²) in [6.07, 6.45) is 1.71. The van der Waals surface area contributed by atoms with Crippen molar-refractivity contribution in [1.82, 2.24) is 9.47 Å². The van der Waals surface area contributed by atoms with Gasteiger partial charge in [-0.05, 0) is 17.5 Å². The van der Waals surface area contributed by atoms with Crippen molar-refractivity contribution in [2.75, 3.05) is 32.8 Å². The first-order valence-corrected chi connectivity index (χ1v) is 6.85. The Bertz CT molecular complexity index is 532. The van der Waals surface area contributed by atoms with Crippen LogP contribution in [0.15, 0.2) is 36.5 Å². The number of ether oxygens (including phenoxy) is 1. The molecule has 19 heavy (non-hydrogen) atoms. The van der Waals surface area contributed by atoms with Gasteiger partial charge < -0.3 is 14.4 Å². The number of hydrogen-bond acceptors (Lipinski definition) is 3.